The van der Waals surface area contributed by atoms with Gasteiger partial charge >= 0.3 is 37.1 Å². The molecule has 0 amide bonds. The second-order valence-corrected chi connectivity index (χ2v) is 22.7. The molecule has 0 aromatic rings. The van der Waals surface area contributed by atoms with Crippen molar-refractivity contribution in [3.8, 4) is 0 Å². The third kappa shape index (κ3) is 17.5. The lowest BCUT2D eigenvalue weighted by molar-refractivity contribution is 0.203. The molecule has 41 heavy (non-hydrogen) atoms. The van der Waals surface area contributed by atoms with E-state index in [1.54, 1.807) is 56.9 Å². The Balaban J connectivity index is 5.31. The molecule has 0 aliphatic heterocycles. The van der Waals surface area contributed by atoms with Crippen LogP contribution >= 0.6 is 0 Å². The zero-order valence-corrected chi connectivity index (χ0v) is 33.2. The van der Waals surface area contributed by atoms with E-state index in [4.69, 9.17) is 35.4 Å². The Morgan fingerprint density at radius 2 is 0.561 bits per heavy atom. The van der Waals surface area contributed by atoms with E-state index in [1.165, 1.54) is 0 Å². The number of nitrogens with zero attached hydrogens (tertiary/aromatic N) is 2. The van der Waals surface area contributed by atoms with Crippen LogP contribution in [-0.4, -0.2) is 143 Å². The highest BCUT2D eigenvalue weighted by Gasteiger charge is 2.25. The summed E-state index contributed by atoms with van der Waals surface area (Å²) in [5, 5.41) is 0. The Bertz CT molecular complexity index is 500. The first kappa shape index (κ1) is 41.5. The second-order valence-electron chi connectivity index (χ2n) is 11.5. The lowest BCUT2D eigenvalue weighted by Gasteiger charge is -2.30. The summed E-state index contributed by atoms with van der Waals surface area (Å²) in [5.41, 5.74) is 1.84. The lowest BCUT2D eigenvalue weighted by Crippen LogP contribution is -2.36. The minimum Gasteiger partial charge on any atom is -0.400 e. The van der Waals surface area contributed by atoms with Crippen LogP contribution in [0.2, 0.25) is 22.2 Å². The summed E-state index contributed by atoms with van der Waals surface area (Å²) in [4.78, 5) is 5.25. The molecule has 0 aliphatic carbocycles. The predicted molar refractivity (Wildman–Crippen MR) is 178 cm³/mol. The molecule has 0 aromatic carbocycles. The van der Waals surface area contributed by atoms with Crippen LogP contribution in [0.15, 0.2) is 0 Å². The fourth-order valence-electron chi connectivity index (χ4n) is 5.52. The third-order valence-corrected chi connectivity index (χ3v) is 17.0. The van der Waals surface area contributed by atoms with Crippen molar-refractivity contribution in [2.75, 3.05) is 96.1 Å². The standard InChI is InChI=1S/C27H66N2O8Si4/c1-24(38(30-5)31-6)14-20-28(21-15-25(2)39(32-7)33-8)18-13-19-29(22-16-26(3)40(34-9)35-10)23-17-27(4)41(36-11)37-12/h24-27,38-41H,13-23H2,1-12H3. The first-order valence-electron chi connectivity index (χ1n) is 15.3. The summed E-state index contributed by atoms with van der Waals surface area (Å²) in [6.45, 7) is 15.4. The summed E-state index contributed by atoms with van der Waals surface area (Å²) < 4.78 is 45.3. The second kappa shape index (κ2) is 25.8. The highest BCUT2D eigenvalue weighted by Crippen LogP contribution is 2.21. The molecule has 0 heterocycles. The topological polar surface area (TPSA) is 80.3 Å². The van der Waals surface area contributed by atoms with Crippen LogP contribution in [0.1, 0.15) is 59.8 Å². The van der Waals surface area contributed by atoms with Crippen LogP contribution in [0.25, 0.3) is 0 Å². The average Bonchev–Trinajstić information content (AvgIpc) is 2.97. The van der Waals surface area contributed by atoms with Crippen LogP contribution in [0.3, 0.4) is 0 Å². The van der Waals surface area contributed by atoms with Gasteiger partial charge in [0.05, 0.1) is 0 Å². The van der Waals surface area contributed by atoms with Crippen molar-refractivity contribution in [3.63, 3.8) is 0 Å². The van der Waals surface area contributed by atoms with Gasteiger partial charge in [0.2, 0.25) is 0 Å². The van der Waals surface area contributed by atoms with Gasteiger partial charge in [0.1, 0.15) is 0 Å². The van der Waals surface area contributed by atoms with Crippen LogP contribution in [0, 0.1) is 0 Å². The largest absolute Gasteiger partial charge is 0.400 e. The third-order valence-electron chi connectivity index (χ3n) is 8.27. The number of rotatable bonds is 28. The molecule has 0 spiro atoms. The van der Waals surface area contributed by atoms with Gasteiger partial charge in [0, 0.05) is 56.9 Å². The Kier molecular flexibility index (Phi) is 26.1. The molecule has 4 unspecified atom stereocenters. The molecular weight excluding hydrogens is 593 g/mol. The zero-order chi connectivity index (χ0) is 31.2. The van der Waals surface area contributed by atoms with E-state index >= 15 is 0 Å². The molecule has 0 bridgehead atoms. The normalized spacial score (nSPS) is 15.7. The minimum atomic E-state index is -1.62. The van der Waals surface area contributed by atoms with Crippen molar-refractivity contribution in [1.82, 2.24) is 9.80 Å². The summed E-state index contributed by atoms with van der Waals surface area (Å²) in [5.74, 6) is 0. The molecule has 0 N–H and O–H groups in total. The first-order valence-corrected chi connectivity index (χ1v) is 21.8. The molecule has 0 saturated heterocycles. The van der Waals surface area contributed by atoms with Gasteiger partial charge < -0.3 is 45.2 Å². The fraction of sp³-hybridized carbons (Fsp3) is 1.00. The van der Waals surface area contributed by atoms with E-state index < -0.39 is 37.1 Å². The molecular formula is C27H66N2O8Si4. The molecule has 14 heteroatoms. The monoisotopic (exact) mass is 658 g/mol. The molecule has 0 saturated carbocycles. The molecule has 4 atom stereocenters. The van der Waals surface area contributed by atoms with Gasteiger partial charge in [0.15, 0.2) is 0 Å². The van der Waals surface area contributed by atoms with Crippen molar-refractivity contribution < 1.29 is 35.4 Å². The van der Waals surface area contributed by atoms with Gasteiger partial charge in [-0.2, -0.15) is 0 Å². The molecule has 0 rings (SSSR count). The minimum absolute atomic E-state index is 0.460. The molecule has 10 nitrogen and oxygen atoms in total. The highest BCUT2D eigenvalue weighted by molar-refractivity contribution is 6.47. The fourth-order valence-corrected chi connectivity index (χ4v) is 11.7. The Hall–Kier alpha value is 0.468. The predicted octanol–water partition coefficient (Wildman–Crippen LogP) is 3.15. The molecule has 248 valence electrons. The number of hydrogen-bond acceptors (Lipinski definition) is 10. The van der Waals surface area contributed by atoms with Crippen LogP contribution < -0.4 is 0 Å². The van der Waals surface area contributed by atoms with Crippen molar-refractivity contribution in [3.05, 3.63) is 0 Å². The first-order chi connectivity index (χ1) is 19.6. The van der Waals surface area contributed by atoms with E-state index in [0.717, 1.165) is 71.4 Å². The quantitative estimate of drug-likeness (QED) is 0.117. The van der Waals surface area contributed by atoms with E-state index in [1.807, 2.05) is 0 Å². The van der Waals surface area contributed by atoms with E-state index in [2.05, 4.69) is 37.5 Å². The molecule has 0 radical (unpaired) electrons. The zero-order valence-electron chi connectivity index (χ0n) is 28.6. The maximum Gasteiger partial charge on any atom is 0.323 e. The van der Waals surface area contributed by atoms with Gasteiger partial charge in [-0.05, 0) is 93.5 Å². The van der Waals surface area contributed by atoms with E-state index in [9.17, 15) is 0 Å². The summed E-state index contributed by atoms with van der Waals surface area (Å²) in [6, 6.07) is 0. The van der Waals surface area contributed by atoms with Crippen LogP contribution in [-0.2, 0) is 35.4 Å². The van der Waals surface area contributed by atoms with Crippen molar-refractivity contribution >= 4 is 37.1 Å². The van der Waals surface area contributed by atoms with Gasteiger partial charge in [-0.25, -0.2) is 0 Å². The maximum absolute atomic E-state index is 5.66. The molecule has 0 fully saturated rings. The SMILES string of the molecule is CO[SiH](OC)C(C)CCN(CCCN(CCC(C)[SiH](OC)OC)CCC(C)[SiH](OC)OC)CCC(C)[SiH](OC)OC. The van der Waals surface area contributed by atoms with Crippen molar-refractivity contribution in [2.45, 2.75) is 82.0 Å². The van der Waals surface area contributed by atoms with E-state index in [0.29, 0.717) is 22.2 Å². The Morgan fingerprint density at radius 1 is 0.366 bits per heavy atom. The summed E-state index contributed by atoms with van der Waals surface area (Å²) in [6.07, 6.45) is 5.46. The van der Waals surface area contributed by atoms with Crippen LogP contribution in [0.4, 0.5) is 0 Å². The van der Waals surface area contributed by atoms with Crippen molar-refractivity contribution in [1.29, 1.82) is 0 Å². The van der Waals surface area contributed by atoms with E-state index in [-0.39, 0.29) is 0 Å². The van der Waals surface area contributed by atoms with Gasteiger partial charge in [-0.1, -0.05) is 27.7 Å². The summed E-state index contributed by atoms with van der Waals surface area (Å²) in [7, 11) is 7.73. The van der Waals surface area contributed by atoms with Gasteiger partial charge in [-0.3, -0.25) is 0 Å². The lowest BCUT2D eigenvalue weighted by atomic mass is 10.2. The maximum atomic E-state index is 5.66. The Labute approximate surface area is 260 Å². The Morgan fingerprint density at radius 3 is 0.732 bits per heavy atom. The average molecular weight is 659 g/mol. The molecule has 0 aliphatic rings. The van der Waals surface area contributed by atoms with Crippen molar-refractivity contribution in [2.24, 2.45) is 0 Å². The van der Waals surface area contributed by atoms with Gasteiger partial charge in [0.25, 0.3) is 0 Å². The smallest absolute Gasteiger partial charge is 0.323 e. The van der Waals surface area contributed by atoms with Crippen LogP contribution in [0.5, 0.6) is 0 Å². The molecule has 0 aromatic heterocycles. The van der Waals surface area contributed by atoms with Gasteiger partial charge in [-0.15, -0.1) is 0 Å². The highest BCUT2D eigenvalue weighted by atomic mass is 28.3. The summed E-state index contributed by atoms with van der Waals surface area (Å²) >= 11 is 0. The number of hydrogen-bond donors (Lipinski definition) is 0.